The molecule has 2 aliphatic heterocycles. The van der Waals surface area contributed by atoms with Gasteiger partial charge >= 0.3 is 0 Å². The number of amides is 3. The second kappa shape index (κ2) is 11.6. The zero-order valence-corrected chi connectivity index (χ0v) is 23.6. The summed E-state index contributed by atoms with van der Waals surface area (Å²) in [7, 11) is 0. The van der Waals surface area contributed by atoms with Gasteiger partial charge in [0.05, 0.1) is 6.04 Å². The lowest BCUT2D eigenvalue weighted by atomic mass is 9.88. The van der Waals surface area contributed by atoms with Gasteiger partial charge in [0.2, 0.25) is 11.8 Å². The summed E-state index contributed by atoms with van der Waals surface area (Å²) in [5.41, 5.74) is 1.26. The van der Waals surface area contributed by atoms with Gasteiger partial charge in [-0.2, -0.15) is 0 Å². The third-order valence-electron chi connectivity index (χ3n) is 8.84. The number of carbonyl (C=O) groups is 4. The molecule has 2 heterocycles. The highest BCUT2D eigenvalue weighted by Crippen LogP contribution is 2.48. The summed E-state index contributed by atoms with van der Waals surface area (Å²) < 4.78 is 0. The van der Waals surface area contributed by atoms with E-state index in [9.17, 15) is 29.4 Å². The number of anilines is 1. The normalized spacial score (nSPS) is 21.0. The number of para-hydroxylation sites is 1. The Bertz CT molecular complexity index is 1510. The fraction of sp³-hybridized carbons (Fsp3) is 0.333. The average molecular weight is 583 g/mol. The van der Waals surface area contributed by atoms with Crippen LogP contribution in [0, 0.1) is 5.92 Å². The number of Topliss-reactive ketones (excluding diaryl/α,β-unsaturated/α-hetero) is 1. The number of nitrogens with one attached hydrogen (secondary N) is 2. The van der Waals surface area contributed by atoms with Crippen molar-refractivity contribution < 1.29 is 29.4 Å². The van der Waals surface area contributed by atoms with Crippen LogP contribution in [0.5, 0.6) is 0 Å². The third-order valence-corrected chi connectivity index (χ3v) is 8.84. The van der Waals surface area contributed by atoms with E-state index >= 15 is 0 Å². The number of ketones is 1. The van der Waals surface area contributed by atoms with Crippen LogP contribution in [0.4, 0.5) is 5.69 Å². The van der Waals surface area contributed by atoms with E-state index in [-0.39, 0.29) is 25.4 Å². The molecule has 3 aromatic carbocycles. The van der Waals surface area contributed by atoms with Crippen LogP contribution in [-0.4, -0.2) is 83.5 Å². The molecule has 222 valence electrons. The number of fused-ring (bicyclic) bond motifs is 3. The van der Waals surface area contributed by atoms with Gasteiger partial charge in [0.15, 0.2) is 11.4 Å². The van der Waals surface area contributed by atoms with E-state index < -0.39 is 47.8 Å². The van der Waals surface area contributed by atoms with Crippen molar-refractivity contribution in [3.8, 4) is 11.1 Å². The molecule has 0 spiro atoms. The summed E-state index contributed by atoms with van der Waals surface area (Å²) in [6, 6.07) is 21.7. The highest BCUT2D eigenvalue weighted by molar-refractivity contribution is 6.01. The molecular formula is C33H34N4O6. The molecule has 4 N–H and O–H groups in total. The van der Waals surface area contributed by atoms with Crippen molar-refractivity contribution >= 4 is 29.2 Å². The summed E-state index contributed by atoms with van der Waals surface area (Å²) in [4.78, 5) is 56.9. The summed E-state index contributed by atoms with van der Waals surface area (Å²) >= 11 is 0. The summed E-state index contributed by atoms with van der Waals surface area (Å²) in [5, 5.41) is 27.4. The maximum atomic E-state index is 14.5. The largest absolute Gasteiger partial charge is 0.389 e. The van der Waals surface area contributed by atoms with Crippen molar-refractivity contribution in [1.29, 1.82) is 0 Å². The quantitative estimate of drug-likeness (QED) is 0.313. The lowest BCUT2D eigenvalue weighted by Crippen LogP contribution is -2.65. The van der Waals surface area contributed by atoms with Crippen LogP contribution in [-0.2, 0) is 24.8 Å². The van der Waals surface area contributed by atoms with E-state index in [4.69, 9.17) is 0 Å². The van der Waals surface area contributed by atoms with Crippen LogP contribution < -0.4 is 15.5 Å². The van der Waals surface area contributed by atoms with Crippen LogP contribution in [0.3, 0.4) is 0 Å². The van der Waals surface area contributed by atoms with Gasteiger partial charge in [0.1, 0.15) is 12.6 Å². The lowest BCUT2D eigenvalue weighted by molar-refractivity contribution is -0.154. The number of piperazine rings is 1. The van der Waals surface area contributed by atoms with Crippen molar-refractivity contribution in [2.24, 2.45) is 5.92 Å². The Morgan fingerprint density at radius 3 is 2.16 bits per heavy atom. The first-order valence-corrected chi connectivity index (χ1v) is 14.6. The molecule has 0 unspecified atom stereocenters. The minimum Gasteiger partial charge on any atom is -0.389 e. The molecule has 0 saturated carbocycles. The second-order valence-corrected chi connectivity index (χ2v) is 11.3. The minimum atomic E-state index is -2.01. The van der Waals surface area contributed by atoms with Gasteiger partial charge in [0.25, 0.3) is 5.91 Å². The monoisotopic (exact) mass is 582 g/mol. The predicted molar refractivity (Wildman–Crippen MR) is 159 cm³/mol. The van der Waals surface area contributed by atoms with E-state index in [1.54, 1.807) is 24.3 Å². The summed E-state index contributed by atoms with van der Waals surface area (Å²) in [6.45, 7) is 0.360. The number of hydrogen-bond acceptors (Lipinski definition) is 7. The molecule has 1 aliphatic carbocycles. The smallest absolute Gasteiger partial charge is 0.264 e. The Hall–Kier alpha value is -4.54. The number of benzene rings is 3. The predicted octanol–water partition coefficient (Wildman–Crippen LogP) is 1.19. The van der Waals surface area contributed by atoms with Crippen LogP contribution in [0.2, 0.25) is 0 Å². The van der Waals surface area contributed by atoms with Gasteiger partial charge in [0, 0.05) is 48.9 Å². The Morgan fingerprint density at radius 1 is 0.930 bits per heavy atom. The van der Waals surface area contributed by atoms with Gasteiger partial charge in [-0.3, -0.25) is 19.2 Å². The third kappa shape index (κ3) is 5.06. The molecule has 0 aromatic heterocycles. The van der Waals surface area contributed by atoms with Gasteiger partial charge in [-0.25, -0.2) is 0 Å². The highest BCUT2D eigenvalue weighted by Gasteiger charge is 2.52. The van der Waals surface area contributed by atoms with E-state index in [0.717, 1.165) is 16.8 Å². The Labute approximate surface area is 249 Å². The number of nitrogens with zero attached hydrogens (tertiary/aromatic N) is 2. The maximum absolute atomic E-state index is 14.5. The van der Waals surface area contributed by atoms with Crippen molar-refractivity contribution in [1.82, 2.24) is 15.5 Å². The lowest BCUT2D eigenvalue weighted by Gasteiger charge is -2.44. The van der Waals surface area contributed by atoms with Crippen molar-refractivity contribution in [3.05, 3.63) is 90.0 Å². The van der Waals surface area contributed by atoms with Crippen LogP contribution >= 0.6 is 0 Å². The van der Waals surface area contributed by atoms with E-state index in [0.29, 0.717) is 30.6 Å². The van der Waals surface area contributed by atoms with Crippen molar-refractivity contribution in [2.45, 2.75) is 30.5 Å². The molecule has 3 aromatic rings. The molecule has 0 radical (unpaired) electrons. The number of aliphatic hydroxyl groups is 2. The second-order valence-electron chi connectivity index (χ2n) is 11.3. The van der Waals surface area contributed by atoms with Crippen LogP contribution in [0.1, 0.15) is 24.0 Å². The van der Waals surface area contributed by atoms with Crippen molar-refractivity contribution in [2.75, 3.05) is 37.7 Å². The first-order chi connectivity index (χ1) is 20.8. The van der Waals surface area contributed by atoms with Gasteiger partial charge < -0.3 is 30.6 Å². The van der Waals surface area contributed by atoms with Gasteiger partial charge in [-0.05, 0) is 36.1 Å². The fourth-order valence-electron chi connectivity index (χ4n) is 6.58. The zero-order chi connectivity index (χ0) is 30.1. The number of hydrogen-bond donors (Lipinski definition) is 4. The Balaban J connectivity index is 1.34. The van der Waals surface area contributed by atoms with Crippen LogP contribution in [0.15, 0.2) is 78.9 Å². The van der Waals surface area contributed by atoms with Crippen LogP contribution in [0.25, 0.3) is 11.1 Å². The fourth-order valence-corrected chi connectivity index (χ4v) is 6.58. The molecular weight excluding hydrogens is 548 g/mol. The molecule has 3 amide bonds. The molecule has 10 nitrogen and oxygen atoms in total. The Kier molecular flexibility index (Phi) is 7.72. The zero-order valence-electron chi connectivity index (χ0n) is 23.6. The maximum Gasteiger partial charge on any atom is 0.264 e. The summed E-state index contributed by atoms with van der Waals surface area (Å²) in [5.74, 6) is -2.51. The highest BCUT2D eigenvalue weighted by atomic mass is 16.3. The van der Waals surface area contributed by atoms with Crippen molar-refractivity contribution in [3.63, 3.8) is 0 Å². The number of rotatable bonds is 8. The van der Waals surface area contributed by atoms with E-state index in [2.05, 4.69) is 10.6 Å². The van der Waals surface area contributed by atoms with E-state index in [1.165, 1.54) is 4.90 Å². The number of aliphatic hydroxyl groups excluding tert-OH is 1. The Morgan fingerprint density at radius 2 is 1.56 bits per heavy atom. The van der Waals surface area contributed by atoms with Gasteiger partial charge in [-0.1, -0.05) is 66.7 Å². The molecule has 2 fully saturated rings. The molecule has 3 aliphatic rings. The molecule has 3 atom stereocenters. The first-order valence-electron chi connectivity index (χ1n) is 14.6. The van der Waals surface area contributed by atoms with Gasteiger partial charge in [-0.15, -0.1) is 0 Å². The molecule has 6 rings (SSSR count). The molecule has 0 bridgehead atoms. The first kappa shape index (κ1) is 28.6. The minimum absolute atomic E-state index is 0.0464. The molecule has 43 heavy (non-hydrogen) atoms. The standard InChI is InChI=1S/C33H34N4O6/c38-20-29(39)27(18-21-14-15-34-30(21)40)35-31(41)28-19-36(22-8-2-1-3-9-22)16-17-37(28)32(42)33(43)25-12-6-4-10-23(25)24-11-5-7-13-26(24)33/h1-13,21,27-28,38,43H,14-20H2,(H,34,40)(H,35,41)/t21-,27-,28-/m1/s1. The number of carbonyl (C=O) groups excluding carboxylic acids is 4. The average Bonchev–Trinajstić information content (AvgIpc) is 3.58. The molecule has 10 heteroatoms. The SMILES string of the molecule is O=C1NCC[C@@H]1C[C@@H](NC(=O)[C@H]1CN(c2ccccc2)CCN1C(=O)C1(O)c2ccccc2-c2ccccc21)C(=O)CO. The summed E-state index contributed by atoms with van der Waals surface area (Å²) in [6.07, 6.45) is 0.566. The topological polar surface area (TPSA) is 139 Å². The van der Waals surface area contributed by atoms with E-state index in [1.807, 2.05) is 59.5 Å². The molecule has 2 saturated heterocycles.